The molecular weight excluding hydrogens is 460 g/mol. The van der Waals surface area contributed by atoms with Crippen LogP contribution in [0.4, 0.5) is 0 Å². The molecule has 0 bridgehead atoms. The Morgan fingerprint density at radius 1 is 1.10 bits per heavy atom. The van der Waals surface area contributed by atoms with Crippen molar-refractivity contribution < 1.29 is 19.7 Å². The van der Waals surface area contributed by atoms with Crippen LogP contribution >= 0.6 is 27.5 Å². The number of hydrogen-bond donors (Lipinski definition) is 3. The molecule has 29 heavy (non-hydrogen) atoms. The first-order valence-corrected chi connectivity index (χ1v) is 9.61. The third-order valence-corrected chi connectivity index (χ3v) is 4.71. The summed E-state index contributed by atoms with van der Waals surface area (Å²) in [5, 5.41) is 23.5. The summed E-state index contributed by atoms with van der Waals surface area (Å²) in [6.45, 7) is 0.275. The Kier molecular flexibility index (Phi) is 6.74. The number of carbonyl (C=O) groups is 1. The summed E-state index contributed by atoms with van der Waals surface area (Å²) >= 11 is 9.55. The fourth-order valence-electron chi connectivity index (χ4n) is 2.47. The molecule has 0 radical (unpaired) electrons. The quantitative estimate of drug-likeness (QED) is 0.351. The normalized spacial score (nSPS) is 10.8. The Labute approximate surface area is 180 Å². The summed E-state index contributed by atoms with van der Waals surface area (Å²) in [5.74, 6) is -0.468. The lowest BCUT2D eigenvalue weighted by Crippen LogP contribution is -2.17. The van der Waals surface area contributed by atoms with Crippen LogP contribution in [0, 0.1) is 0 Å². The van der Waals surface area contributed by atoms with Crippen molar-refractivity contribution in [3.05, 3.63) is 86.8 Å². The minimum absolute atomic E-state index is 0.0732. The summed E-state index contributed by atoms with van der Waals surface area (Å²) in [5.41, 5.74) is 3.90. The third-order valence-electron chi connectivity index (χ3n) is 3.85. The lowest BCUT2D eigenvalue weighted by atomic mass is 10.2. The van der Waals surface area contributed by atoms with E-state index in [-0.39, 0.29) is 23.7 Å². The maximum Gasteiger partial charge on any atom is 0.271 e. The number of benzene rings is 3. The van der Waals surface area contributed by atoms with Gasteiger partial charge in [-0.05, 0) is 36.4 Å². The van der Waals surface area contributed by atoms with Crippen LogP contribution in [0.3, 0.4) is 0 Å². The molecule has 148 valence electrons. The summed E-state index contributed by atoms with van der Waals surface area (Å²) in [6, 6.07) is 16.4. The van der Waals surface area contributed by atoms with Gasteiger partial charge in [-0.15, -0.1) is 0 Å². The molecule has 3 aromatic carbocycles. The Bertz CT molecular complexity index is 1050. The van der Waals surface area contributed by atoms with Gasteiger partial charge in [-0.25, -0.2) is 5.43 Å². The second kappa shape index (κ2) is 9.45. The van der Waals surface area contributed by atoms with Gasteiger partial charge in [-0.2, -0.15) is 5.10 Å². The molecule has 0 aliphatic heterocycles. The summed E-state index contributed by atoms with van der Waals surface area (Å²) in [4.78, 5) is 12.1. The predicted molar refractivity (Wildman–Crippen MR) is 115 cm³/mol. The van der Waals surface area contributed by atoms with Crippen molar-refractivity contribution in [2.75, 3.05) is 0 Å². The molecule has 3 rings (SSSR count). The molecule has 0 spiro atoms. The van der Waals surface area contributed by atoms with E-state index in [4.69, 9.17) is 16.3 Å². The van der Waals surface area contributed by atoms with E-state index in [1.807, 2.05) is 24.3 Å². The highest BCUT2D eigenvalue weighted by atomic mass is 79.9. The van der Waals surface area contributed by atoms with Crippen molar-refractivity contribution >= 4 is 39.7 Å². The number of halogens is 2. The number of phenolic OH excluding ortho intramolecular Hbond substituents is 2. The largest absolute Gasteiger partial charge is 0.508 e. The SMILES string of the molecule is O=C(NN=Cc1cc(Br)ccc1OCc1ccccc1Cl)c1cc(O)cc(O)c1. The zero-order valence-corrected chi connectivity index (χ0v) is 17.3. The predicted octanol–water partition coefficient (Wildman–Crippen LogP) is 4.86. The molecule has 0 saturated carbocycles. The molecule has 3 aromatic rings. The van der Waals surface area contributed by atoms with Crippen molar-refractivity contribution in [3.63, 3.8) is 0 Å². The highest BCUT2D eigenvalue weighted by Crippen LogP contribution is 2.24. The lowest BCUT2D eigenvalue weighted by Gasteiger charge is -2.10. The number of nitrogens with one attached hydrogen (secondary N) is 1. The number of aromatic hydroxyl groups is 2. The van der Waals surface area contributed by atoms with Crippen LogP contribution in [0.1, 0.15) is 21.5 Å². The molecule has 0 aliphatic rings. The number of carbonyl (C=O) groups excluding carboxylic acids is 1. The molecule has 8 heteroatoms. The number of phenols is 2. The van der Waals surface area contributed by atoms with Crippen molar-refractivity contribution in [1.82, 2.24) is 5.43 Å². The topological polar surface area (TPSA) is 91.2 Å². The number of amides is 1. The van der Waals surface area contributed by atoms with E-state index in [0.717, 1.165) is 16.1 Å². The van der Waals surface area contributed by atoms with Crippen LogP contribution in [-0.4, -0.2) is 22.3 Å². The Morgan fingerprint density at radius 2 is 1.83 bits per heavy atom. The summed E-state index contributed by atoms with van der Waals surface area (Å²) in [6.07, 6.45) is 1.44. The zero-order valence-electron chi connectivity index (χ0n) is 15.0. The van der Waals surface area contributed by atoms with E-state index in [1.165, 1.54) is 18.3 Å². The first-order valence-electron chi connectivity index (χ1n) is 8.44. The van der Waals surface area contributed by atoms with Gasteiger partial charge in [0.2, 0.25) is 0 Å². The summed E-state index contributed by atoms with van der Waals surface area (Å²) in [7, 11) is 0. The standard InChI is InChI=1S/C21H16BrClN2O4/c22-16-5-6-20(29-12-13-3-1-2-4-19(13)23)15(7-16)11-24-25-21(28)14-8-17(26)10-18(27)9-14/h1-11,26-27H,12H2,(H,25,28). The van der Waals surface area contributed by atoms with Crippen molar-refractivity contribution in [2.45, 2.75) is 6.61 Å². The van der Waals surface area contributed by atoms with Crippen LogP contribution in [0.5, 0.6) is 17.2 Å². The third kappa shape index (κ3) is 5.73. The zero-order chi connectivity index (χ0) is 20.8. The molecule has 0 fully saturated rings. The van der Waals surface area contributed by atoms with Crippen LogP contribution < -0.4 is 10.2 Å². The van der Waals surface area contributed by atoms with Gasteiger partial charge in [-0.1, -0.05) is 45.7 Å². The van der Waals surface area contributed by atoms with Gasteiger partial charge in [0.25, 0.3) is 5.91 Å². The van der Waals surface area contributed by atoms with E-state index in [0.29, 0.717) is 16.3 Å². The van der Waals surface area contributed by atoms with E-state index < -0.39 is 5.91 Å². The first kappa shape index (κ1) is 20.7. The molecule has 0 unspecified atom stereocenters. The smallest absolute Gasteiger partial charge is 0.271 e. The lowest BCUT2D eigenvalue weighted by molar-refractivity contribution is 0.0954. The molecule has 1 amide bonds. The molecule has 0 aromatic heterocycles. The number of nitrogens with zero attached hydrogens (tertiary/aromatic N) is 1. The number of rotatable bonds is 6. The van der Waals surface area contributed by atoms with Crippen LogP contribution in [0.2, 0.25) is 5.02 Å². The maximum absolute atomic E-state index is 12.1. The van der Waals surface area contributed by atoms with E-state index >= 15 is 0 Å². The minimum atomic E-state index is -0.582. The Morgan fingerprint density at radius 3 is 2.55 bits per heavy atom. The van der Waals surface area contributed by atoms with Gasteiger partial charge in [-0.3, -0.25) is 4.79 Å². The van der Waals surface area contributed by atoms with E-state index in [2.05, 4.69) is 26.5 Å². The van der Waals surface area contributed by atoms with Gasteiger partial charge < -0.3 is 14.9 Å². The molecule has 0 aliphatic carbocycles. The Balaban J connectivity index is 1.72. The molecule has 0 heterocycles. The fraction of sp³-hybridized carbons (Fsp3) is 0.0476. The van der Waals surface area contributed by atoms with Crippen molar-refractivity contribution in [3.8, 4) is 17.2 Å². The monoisotopic (exact) mass is 474 g/mol. The fourth-order valence-corrected chi connectivity index (χ4v) is 3.04. The van der Waals surface area contributed by atoms with Gasteiger partial charge in [0.05, 0.1) is 6.21 Å². The second-order valence-electron chi connectivity index (χ2n) is 6.00. The molecular formula is C21H16BrClN2O4. The Hall–Kier alpha value is -3.03. The number of hydrazone groups is 1. The average Bonchev–Trinajstić information content (AvgIpc) is 2.67. The van der Waals surface area contributed by atoms with Crippen molar-refractivity contribution in [1.29, 1.82) is 0 Å². The summed E-state index contributed by atoms with van der Waals surface area (Å²) < 4.78 is 6.67. The molecule has 0 saturated heterocycles. The van der Waals surface area contributed by atoms with Crippen LogP contribution in [-0.2, 0) is 6.61 Å². The van der Waals surface area contributed by atoms with Crippen LogP contribution in [0.15, 0.2) is 70.2 Å². The maximum atomic E-state index is 12.1. The number of ether oxygens (including phenoxy) is 1. The van der Waals surface area contributed by atoms with Crippen molar-refractivity contribution in [2.24, 2.45) is 5.10 Å². The average molecular weight is 476 g/mol. The number of hydrogen-bond acceptors (Lipinski definition) is 5. The van der Waals surface area contributed by atoms with Gasteiger partial charge in [0.1, 0.15) is 23.9 Å². The van der Waals surface area contributed by atoms with Gasteiger partial charge in [0, 0.05) is 32.3 Å². The van der Waals surface area contributed by atoms with Gasteiger partial charge in [0.15, 0.2) is 0 Å². The second-order valence-corrected chi connectivity index (χ2v) is 7.32. The molecule has 3 N–H and O–H groups in total. The van der Waals surface area contributed by atoms with E-state index in [1.54, 1.807) is 18.2 Å². The highest BCUT2D eigenvalue weighted by molar-refractivity contribution is 9.10. The van der Waals surface area contributed by atoms with E-state index in [9.17, 15) is 15.0 Å². The molecule has 6 nitrogen and oxygen atoms in total. The first-order chi connectivity index (χ1) is 13.9. The minimum Gasteiger partial charge on any atom is -0.508 e. The highest BCUT2D eigenvalue weighted by Gasteiger charge is 2.09. The van der Waals surface area contributed by atoms with Crippen LogP contribution in [0.25, 0.3) is 0 Å². The van der Waals surface area contributed by atoms with Gasteiger partial charge >= 0.3 is 0 Å². The molecule has 0 atom stereocenters.